The molecule has 3 heterocycles. The number of rotatable bonds is 7. The summed E-state index contributed by atoms with van der Waals surface area (Å²) < 4.78 is 0. The zero-order chi connectivity index (χ0) is 20.3. The van der Waals surface area contributed by atoms with E-state index in [1.54, 1.807) is 6.92 Å². The molecule has 8 heteroatoms. The lowest BCUT2D eigenvalue weighted by atomic mass is 10.1. The molecule has 28 heavy (non-hydrogen) atoms. The van der Waals surface area contributed by atoms with E-state index in [1.165, 1.54) is 11.3 Å². The lowest BCUT2D eigenvalue weighted by Crippen LogP contribution is -2.49. The van der Waals surface area contributed by atoms with Crippen LogP contribution in [0.2, 0.25) is 0 Å². The number of anilines is 2. The monoisotopic (exact) mass is 403 g/mol. The average molecular weight is 404 g/mol. The minimum atomic E-state index is -0.0193. The number of hydrogen-bond acceptors (Lipinski definition) is 7. The molecule has 1 aliphatic rings. The second-order valence-corrected chi connectivity index (χ2v) is 8.23. The van der Waals surface area contributed by atoms with Crippen molar-refractivity contribution in [2.45, 2.75) is 39.5 Å². The van der Waals surface area contributed by atoms with Gasteiger partial charge in [0.05, 0.1) is 10.6 Å². The number of carbonyl (C=O) groups excluding carboxylic acids is 2. The molecule has 0 bridgehead atoms. The summed E-state index contributed by atoms with van der Waals surface area (Å²) in [6.07, 6.45) is 3.13. The van der Waals surface area contributed by atoms with Crippen LogP contribution in [0.3, 0.4) is 0 Å². The Morgan fingerprint density at radius 2 is 1.96 bits per heavy atom. The fourth-order valence-corrected chi connectivity index (χ4v) is 4.70. The van der Waals surface area contributed by atoms with Crippen LogP contribution in [0.4, 0.5) is 11.5 Å². The van der Waals surface area contributed by atoms with Crippen molar-refractivity contribution in [3.63, 3.8) is 0 Å². The highest BCUT2D eigenvalue weighted by Gasteiger charge is 2.24. The number of pyridine rings is 1. The topological polar surface area (TPSA) is 106 Å². The Morgan fingerprint density at radius 3 is 2.57 bits per heavy atom. The van der Waals surface area contributed by atoms with Gasteiger partial charge in [0.1, 0.15) is 10.6 Å². The van der Waals surface area contributed by atoms with Gasteiger partial charge in [-0.25, -0.2) is 4.98 Å². The van der Waals surface area contributed by atoms with Crippen molar-refractivity contribution in [3.05, 3.63) is 16.5 Å². The number of hydrogen-bond donors (Lipinski definition) is 2. The Kier molecular flexibility index (Phi) is 6.51. The molecule has 0 saturated carbocycles. The van der Waals surface area contributed by atoms with Gasteiger partial charge in [-0.05, 0) is 31.0 Å². The number of carbonyl (C=O) groups is 2. The molecular weight excluding hydrogens is 374 g/mol. The maximum Gasteiger partial charge on any atom is 0.222 e. The van der Waals surface area contributed by atoms with Crippen molar-refractivity contribution in [3.8, 4) is 0 Å². The largest absolute Gasteiger partial charge is 0.397 e. The number of nitrogen functional groups attached to an aromatic ring is 1. The first-order valence-electron chi connectivity index (χ1n) is 9.91. The third-order valence-corrected chi connectivity index (χ3v) is 6.36. The van der Waals surface area contributed by atoms with Gasteiger partial charge in [-0.1, -0.05) is 13.3 Å². The van der Waals surface area contributed by atoms with Gasteiger partial charge >= 0.3 is 0 Å². The Morgan fingerprint density at radius 1 is 1.25 bits per heavy atom. The minimum Gasteiger partial charge on any atom is -0.397 e. The molecule has 1 aliphatic heterocycles. The molecule has 0 aliphatic carbocycles. The van der Waals surface area contributed by atoms with Crippen LogP contribution >= 0.6 is 11.3 Å². The molecule has 2 aromatic rings. The van der Waals surface area contributed by atoms with Crippen molar-refractivity contribution < 1.29 is 9.59 Å². The van der Waals surface area contributed by atoms with Gasteiger partial charge in [-0.3, -0.25) is 9.59 Å². The van der Waals surface area contributed by atoms with E-state index in [-0.39, 0.29) is 11.7 Å². The molecule has 0 atom stereocenters. The van der Waals surface area contributed by atoms with Crippen LogP contribution < -0.4 is 16.4 Å². The van der Waals surface area contributed by atoms with Crippen LogP contribution in [0.1, 0.15) is 48.3 Å². The van der Waals surface area contributed by atoms with Gasteiger partial charge in [0, 0.05) is 44.9 Å². The number of ketones is 1. The first-order valence-corrected chi connectivity index (χ1v) is 10.7. The fourth-order valence-electron chi connectivity index (χ4n) is 3.67. The molecule has 7 nitrogen and oxygen atoms in total. The van der Waals surface area contributed by atoms with Gasteiger partial charge in [-0.15, -0.1) is 11.3 Å². The molecule has 1 saturated heterocycles. The summed E-state index contributed by atoms with van der Waals surface area (Å²) in [4.78, 5) is 34.5. The second-order valence-electron chi connectivity index (χ2n) is 7.23. The second kappa shape index (κ2) is 8.87. The highest BCUT2D eigenvalue weighted by molar-refractivity contribution is 7.21. The normalized spacial score (nSPS) is 14.7. The Hall–Kier alpha value is -2.19. The van der Waals surface area contributed by atoms with Crippen LogP contribution in [0, 0.1) is 0 Å². The van der Waals surface area contributed by atoms with Crippen molar-refractivity contribution in [2.24, 2.45) is 5.73 Å². The Labute approximate surface area is 169 Å². The molecule has 2 aromatic heterocycles. The average Bonchev–Trinajstić information content (AvgIpc) is 3.03. The maximum absolute atomic E-state index is 12.2. The summed E-state index contributed by atoms with van der Waals surface area (Å²) in [5, 5.41) is 0.927. The number of piperazine rings is 1. The van der Waals surface area contributed by atoms with Crippen LogP contribution in [0.15, 0.2) is 6.07 Å². The quantitative estimate of drug-likeness (QED) is 0.688. The SMILES string of the molecule is CCCc1cc(N2CCN(C(=O)CCCN)CC2)nc2sc(C(C)=O)c(N)c12. The molecule has 1 fully saturated rings. The van der Waals surface area contributed by atoms with E-state index in [2.05, 4.69) is 17.9 Å². The van der Waals surface area contributed by atoms with Gasteiger partial charge in [-0.2, -0.15) is 0 Å². The minimum absolute atomic E-state index is 0.0193. The van der Waals surface area contributed by atoms with Crippen LogP contribution in [-0.2, 0) is 11.2 Å². The number of nitrogens with zero attached hydrogens (tertiary/aromatic N) is 3. The lowest BCUT2D eigenvalue weighted by molar-refractivity contribution is -0.131. The lowest BCUT2D eigenvalue weighted by Gasteiger charge is -2.35. The number of fused-ring (bicyclic) bond motifs is 1. The highest BCUT2D eigenvalue weighted by atomic mass is 32.1. The highest BCUT2D eigenvalue weighted by Crippen LogP contribution is 2.37. The molecule has 4 N–H and O–H groups in total. The molecular formula is C20H29N5O2S. The van der Waals surface area contributed by atoms with E-state index in [4.69, 9.17) is 16.5 Å². The zero-order valence-electron chi connectivity index (χ0n) is 16.7. The molecule has 3 rings (SSSR count). The molecule has 0 unspecified atom stereocenters. The van der Waals surface area contributed by atoms with E-state index in [9.17, 15) is 9.59 Å². The standard InChI is InChI=1S/C20H29N5O2S/c1-3-5-14-12-15(23-20-17(14)18(22)19(28-20)13(2)26)24-8-10-25(11-9-24)16(27)6-4-7-21/h12H,3-11,21-22H2,1-2H3. The van der Waals surface area contributed by atoms with E-state index >= 15 is 0 Å². The number of nitrogens with two attached hydrogens (primary N) is 2. The van der Waals surface area contributed by atoms with Gasteiger partial charge < -0.3 is 21.3 Å². The van der Waals surface area contributed by atoms with E-state index in [0.29, 0.717) is 36.6 Å². The summed E-state index contributed by atoms with van der Waals surface area (Å²) >= 11 is 1.38. The summed E-state index contributed by atoms with van der Waals surface area (Å²) in [7, 11) is 0. The summed E-state index contributed by atoms with van der Waals surface area (Å²) in [6.45, 7) is 7.10. The predicted octanol–water partition coefficient (Wildman–Crippen LogP) is 2.42. The van der Waals surface area contributed by atoms with E-state index in [1.807, 2.05) is 4.90 Å². The number of aromatic nitrogens is 1. The molecule has 0 spiro atoms. The van der Waals surface area contributed by atoms with Crippen LogP contribution in [0.25, 0.3) is 10.2 Å². The smallest absolute Gasteiger partial charge is 0.222 e. The van der Waals surface area contributed by atoms with Crippen LogP contribution in [-0.4, -0.2) is 54.3 Å². The summed E-state index contributed by atoms with van der Waals surface area (Å²) in [5.74, 6) is 1.06. The third kappa shape index (κ3) is 4.12. The molecule has 0 aromatic carbocycles. The summed E-state index contributed by atoms with van der Waals surface area (Å²) in [6, 6.07) is 2.10. The molecule has 0 radical (unpaired) electrons. The Balaban J connectivity index is 1.84. The number of amides is 1. The van der Waals surface area contributed by atoms with Crippen molar-refractivity contribution in [2.75, 3.05) is 43.4 Å². The molecule has 1 amide bonds. The van der Waals surface area contributed by atoms with E-state index in [0.717, 1.165) is 53.9 Å². The van der Waals surface area contributed by atoms with Gasteiger partial charge in [0.25, 0.3) is 0 Å². The zero-order valence-corrected chi connectivity index (χ0v) is 17.5. The number of aryl methyl sites for hydroxylation is 1. The Bertz CT molecular complexity index is 871. The van der Waals surface area contributed by atoms with E-state index < -0.39 is 0 Å². The maximum atomic E-state index is 12.2. The first kappa shape index (κ1) is 20.5. The fraction of sp³-hybridized carbons (Fsp3) is 0.550. The summed E-state index contributed by atoms with van der Waals surface area (Å²) in [5.41, 5.74) is 13.5. The van der Waals surface area contributed by atoms with Gasteiger partial charge in [0.2, 0.25) is 5.91 Å². The number of Topliss-reactive ketones (excluding diaryl/α,β-unsaturated/α-hetero) is 1. The predicted molar refractivity (Wildman–Crippen MR) is 115 cm³/mol. The number of thiophene rings is 1. The third-order valence-electron chi connectivity index (χ3n) is 5.16. The van der Waals surface area contributed by atoms with Crippen LogP contribution in [0.5, 0.6) is 0 Å². The van der Waals surface area contributed by atoms with Gasteiger partial charge in [0.15, 0.2) is 5.78 Å². The van der Waals surface area contributed by atoms with Crippen molar-refractivity contribution in [1.82, 2.24) is 9.88 Å². The van der Waals surface area contributed by atoms with Crippen molar-refractivity contribution >= 4 is 44.7 Å². The first-order chi connectivity index (χ1) is 13.5. The van der Waals surface area contributed by atoms with Crippen molar-refractivity contribution in [1.29, 1.82) is 0 Å². The molecule has 152 valence electrons.